The van der Waals surface area contributed by atoms with Crippen molar-refractivity contribution in [3.63, 3.8) is 0 Å². The summed E-state index contributed by atoms with van der Waals surface area (Å²) in [5.74, 6) is 0.411. The molecule has 7 nitrogen and oxygen atoms in total. The molecule has 1 fully saturated rings. The van der Waals surface area contributed by atoms with Crippen LogP contribution in [0.3, 0.4) is 0 Å². The first-order valence-electron chi connectivity index (χ1n) is 9.99. The Kier molecular flexibility index (Phi) is 5.77. The van der Waals surface area contributed by atoms with Gasteiger partial charge in [0.25, 0.3) is 11.1 Å². The zero-order valence-electron chi connectivity index (χ0n) is 17.7. The fourth-order valence-electron chi connectivity index (χ4n) is 3.59. The molecule has 162 valence electrons. The van der Waals surface area contributed by atoms with E-state index in [4.69, 9.17) is 9.47 Å². The molecule has 2 heterocycles. The zero-order chi connectivity index (χ0) is 22.2. The third-order valence-electron chi connectivity index (χ3n) is 5.39. The van der Waals surface area contributed by atoms with Gasteiger partial charge in [0.05, 0.1) is 17.7 Å². The monoisotopic (exact) mass is 440 g/mol. The maximum atomic E-state index is 13.1. The normalized spacial score (nSPS) is 18.9. The topological polar surface area (TPSA) is 76.2 Å². The molecule has 2 aromatic carbocycles. The highest BCUT2D eigenvalue weighted by molar-refractivity contribution is 8.26. The maximum Gasteiger partial charge on any atom is 0.292 e. The Morgan fingerprint density at radius 2 is 1.87 bits per heavy atom. The van der Waals surface area contributed by atoms with Crippen LogP contribution in [-0.2, 0) is 16.1 Å². The van der Waals surface area contributed by atoms with Gasteiger partial charge in [0, 0.05) is 18.3 Å². The van der Waals surface area contributed by atoms with E-state index >= 15 is 0 Å². The van der Waals surface area contributed by atoms with Crippen molar-refractivity contribution in [1.29, 1.82) is 0 Å². The van der Waals surface area contributed by atoms with E-state index in [0.717, 1.165) is 11.1 Å². The summed E-state index contributed by atoms with van der Waals surface area (Å²) < 4.78 is 11.7. The number of carbonyl (C=O) groups is 3. The van der Waals surface area contributed by atoms with E-state index in [0.29, 0.717) is 23.1 Å². The number of benzene rings is 2. The lowest BCUT2D eigenvalue weighted by atomic mass is 10.0. The Labute approximate surface area is 185 Å². The molecule has 0 saturated carbocycles. The molecule has 1 saturated heterocycles. The van der Waals surface area contributed by atoms with Crippen LogP contribution in [0.5, 0.6) is 5.75 Å². The van der Waals surface area contributed by atoms with Gasteiger partial charge in [0.2, 0.25) is 11.3 Å². The standard InChI is InChI=1S/C23H24N2O5S/c1-15-9-10-18-17(11-15)19(26)25(14-30-18)23(2,3)13-29-20-21(27)31-22(28)24(20)12-16-7-5-4-6-8-16/h4-11,20H,12-14H2,1-3H3. The van der Waals surface area contributed by atoms with Gasteiger partial charge in [-0.05, 0) is 38.5 Å². The fraction of sp³-hybridized carbons (Fsp3) is 0.348. The van der Waals surface area contributed by atoms with Crippen molar-refractivity contribution < 1.29 is 23.9 Å². The third-order valence-corrected chi connectivity index (χ3v) is 6.20. The fourth-order valence-corrected chi connectivity index (χ4v) is 4.33. The predicted octanol–water partition coefficient (Wildman–Crippen LogP) is 3.80. The summed E-state index contributed by atoms with van der Waals surface area (Å²) in [4.78, 5) is 40.9. The van der Waals surface area contributed by atoms with Crippen molar-refractivity contribution in [3.8, 4) is 5.75 Å². The van der Waals surface area contributed by atoms with Gasteiger partial charge in [0.1, 0.15) is 5.75 Å². The smallest absolute Gasteiger partial charge is 0.292 e. The predicted molar refractivity (Wildman–Crippen MR) is 117 cm³/mol. The van der Waals surface area contributed by atoms with E-state index in [2.05, 4.69) is 0 Å². The van der Waals surface area contributed by atoms with E-state index < -0.39 is 11.8 Å². The van der Waals surface area contributed by atoms with Gasteiger partial charge in [-0.15, -0.1) is 0 Å². The SMILES string of the molecule is Cc1ccc2c(c1)C(=O)N(C(C)(C)COC1C(=O)SC(=O)N1Cc1ccccc1)CO2. The Bertz CT molecular complexity index is 1020. The molecule has 2 amide bonds. The summed E-state index contributed by atoms with van der Waals surface area (Å²) in [7, 11) is 0. The van der Waals surface area contributed by atoms with Gasteiger partial charge in [-0.3, -0.25) is 24.2 Å². The van der Waals surface area contributed by atoms with Gasteiger partial charge in [-0.25, -0.2) is 0 Å². The van der Waals surface area contributed by atoms with Crippen LogP contribution in [0.25, 0.3) is 0 Å². The minimum atomic E-state index is -0.993. The highest BCUT2D eigenvalue weighted by atomic mass is 32.2. The number of hydrogen-bond acceptors (Lipinski definition) is 6. The number of amides is 2. The summed E-state index contributed by atoms with van der Waals surface area (Å²) in [5.41, 5.74) is 1.63. The number of thioether (sulfide) groups is 1. The van der Waals surface area contributed by atoms with Crippen LogP contribution >= 0.6 is 11.8 Å². The van der Waals surface area contributed by atoms with E-state index in [9.17, 15) is 14.4 Å². The van der Waals surface area contributed by atoms with Crippen molar-refractivity contribution in [2.24, 2.45) is 0 Å². The van der Waals surface area contributed by atoms with E-state index in [-0.39, 0.29) is 36.1 Å². The molecule has 1 unspecified atom stereocenters. The molecule has 2 aliphatic heterocycles. The number of rotatable bonds is 6. The van der Waals surface area contributed by atoms with Gasteiger partial charge in [-0.1, -0.05) is 42.0 Å². The molecule has 2 aliphatic rings. The number of carbonyl (C=O) groups excluding carboxylic acids is 3. The third kappa shape index (κ3) is 4.31. The number of aryl methyl sites for hydroxylation is 1. The molecule has 0 bridgehead atoms. The summed E-state index contributed by atoms with van der Waals surface area (Å²) in [6, 6.07) is 14.9. The van der Waals surface area contributed by atoms with E-state index in [1.165, 1.54) is 4.90 Å². The van der Waals surface area contributed by atoms with Gasteiger partial charge >= 0.3 is 0 Å². The largest absolute Gasteiger partial charge is 0.472 e. The first kappa shape index (κ1) is 21.4. The molecule has 31 heavy (non-hydrogen) atoms. The van der Waals surface area contributed by atoms with Crippen LogP contribution in [0, 0.1) is 6.92 Å². The zero-order valence-corrected chi connectivity index (χ0v) is 18.5. The van der Waals surface area contributed by atoms with Crippen molar-refractivity contribution in [2.75, 3.05) is 13.3 Å². The summed E-state index contributed by atoms with van der Waals surface area (Å²) in [5, 5.41) is -0.683. The van der Waals surface area contributed by atoms with Crippen molar-refractivity contribution in [3.05, 3.63) is 65.2 Å². The Balaban J connectivity index is 1.47. The number of fused-ring (bicyclic) bond motifs is 1. The number of nitrogens with zero attached hydrogens (tertiary/aromatic N) is 2. The van der Waals surface area contributed by atoms with Gasteiger partial charge in [-0.2, -0.15) is 0 Å². The van der Waals surface area contributed by atoms with E-state index in [1.807, 2.05) is 57.2 Å². The summed E-state index contributed by atoms with van der Waals surface area (Å²) in [6.07, 6.45) is -0.993. The van der Waals surface area contributed by atoms with Crippen molar-refractivity contribution in [2.45, 2.75) is 39.1 Å². The van der Waals surface area contributed by atoms with Crippen LogP contribution in [0.1, 0.15) is 35.3 Å². The summed E-state index contributed by atoms with van der Waals surface area (Å²) in [6.45, 7) is 6.06. The van der Waals surface area contributed by atoms with Crippen LogP contribution < -0.4 is 4.74 Å². The second-order valence-corrected chi connectivity index (χ2v) is 9.24. The summed E-state index contributed by atoms with van der Waals surface area (Å²) >= 11 is 0.653. The molecule has 0 spiro atoms. The highest BCUT2D eigenvalue weighted by Crippen LogP contribution is 2.32. The Morgan fingerprint density at radius 3 is 2.61 bits per heavy atom. The van der Waals surface area contributed by atoms with Crippen LogP contribution in [0.2, 0.25) is 0 Å². The molecule has 0 aromatic heterocycles. The molecule has 0 N–H and O–H groups in total. The molecular formula is C23H24N2O5S. The Hall–Kier alpha value is -2.84. The lowest BCUT2D eigenvalue weighted by Crippen LogP contribution is -2.55. The molecule has 8 heteroatoms. The number of hydrogen-bond donors (Lipinski definition) is 0. The lowest BCUT2D eigenvalue weighted by Gasteiger charge is -2.41. The molecule has 1 atom stereocenters. The van der Waals surface area contributed by atoms with Crippen molar-refractivity contribution in [1.82, 2.24) is 9.80 Å². The second kappa shape index (κ2) is 8.36. The molecular weight excluding hydrogens is 416 g/mol. The Morgan fingerprint density at radius 1 is 1.13 bits per heavy atom. The quantitative estimate of drug-likeness (QED) is 0.680. The maximum absolute atomic E-state index is 13.1. The average Bonchev–Trinajstić information content (AvgIpc) is 3.00. The number of ether oxygens (including phenoxy) is 2. The average molecular weight is 441 g/mol. The van der Waals surface area contributed by atoms with Crippen LogP contribution in [-0.4, -0.2) is 51.2 Å². The van der Waals surface area contributed by atoms with Crippen LogP contribution in [0.15, 0.2) is 48.5 Å². The molecule has 0 radical (unpaired) electrons. The molecule has 2 aromatic rings. The van der Waals surface area contributed by atoms with Gasteiger partial charge < -0.3 is 9.47 Å². The van der Waals surface area contributed by atoms with Gasteiger partial charge in [0.15, 0.2) is 6.73 Å². The van der Waals surface area contributed by atoms with Crippen molar-refractivity contribution >= 4 is 28.0 Å². The molecule has 0 aliphatic carbocycles. The van der Waals surface area contributed by atoms with Crippen LogP contribution in [0.4, 0.5) is 4.79 Å². The highest BCUT2D eigenvalue weighted by Gasteiger charge is 2.43. The minimum absolute atomic E-state index is 0.0682. The molecule has 4 rings (SSSR count). The van der Waals surface area contributed by atoms with E-state index in [1.54, 1.807) is 17.0 Å². The lowest BCUT2D eigenvalue weighted by molar-refractivity contribution is -0.134. The first-order valence-corrected chi connectivity index (χ1v) is 10.8. The second-order valence-electron chi connectivity index (χ2n) is 8.28. The first-order chi connectivity index (χ1) is 14.8. The minimum Gasteiger partial charge on any atom is -0.472 e.